The molecule has 0 fully saturated rings. The fourth-order valence-electron chi connectivity index (χ4n) is 2.45. The molecule has 2 aromatic carbocycles. The standard InChI is InChI=1S/C21H28N4O2/c1-3-23-21(24-13-8-14-27-19-11-5-4-6-12-19)25-16-17-9-7-10-18(15-17)20(26)22-2/h4-7,9-12,15H,3,8,13-14,16H2,1-2H3,(H,22,26)(H2,23,24,25). The number of aliphatic imine (C=N–C) groups is 1. The van der Waals surface area contributed by atoms with Crippen molar-refractivity contribution in [3.05, 3.63) is 65.7 Å². The Labute approximate surface area is 161 Å². The van der Waals surface area contributed by atoms with Crippen LogP contribution in [-0.2, 0) is 6.54 Å². The fourth-order valence-corrected chi connectivity index (χ4v) is 2.45. The van der Waals surface area contributed by atoms with Crippen LogP contribution in [-0.4, -0.2) is 38.6 Å². The molecule has 0 aliphatic heterocycles. The summed E-state index contributed by atoms with van der Waals surface area (Å²) in [6.45, 7) is 4.72. The summed E-state index contributed by atoms with van der Waals surface area (Å²) in [5.74, 6) is 1.54. The van der Waals surface area contributed by atoms with Crippen LogP contribution in [0.3, 0.4) is 0 Å². The third-order valence-electron chi connectivity index (χ3n) is 3.81. The molecular formula is C21H28N4O2. The van der Waals surface area contributed by atoms with Crippen LogP contribution < -0.4 is 20.7 Å². The normalized spacial score (nSPS) is 11.0. The van der Waals surface area contributed by atoms with Gasteiger partial charge in [-0.3, -0.25) is 4.79 Å². The maximum absolute atomic E-state index is 11.7. The van der Waals surface area contributed by atoms with Gasteiger partial charge < -0.3 is 20.7 Å². The van der Waals surface area contributed by atoms with Gasteiger partial charge in [0, 0.05) is 25.7 Å². The molecule has 0 aliphatic carbocycles. The van der Waals surface area contributed by atoms with Crippen LogP contribution in [0.4, 0.5) is 0 Å². The van der Waals surface area contributed by atoms with Crippen LogP contribution >= 0.6 is 0 Å². The number of nitrogens with one attached hydrogen (secondary N) is 3. The lowest BCUT2D eigenvalue weighted by Crippen LogP contribution is -2.38. The van der Waals surface area contributed by atoms with Gasteiger partial charge in [0.25, 0.3) is 5.91 Å². The van der Waals surface area contributed by atoms with Gasteiger partial charge in [-0.15, -0.1) is 0 Å². The molecule has 0 saturated carbocycles. The average molecular weight is 368 g/mol. The van der Waals surface area contributed by atoms with Crippen molar-refractivity contribution >= 4 is 11.9 Å². The predicted octanol–water partition coefficient (Wildman–Crippen LogP) is 2.57. The number of carbonyl (C=O) groups excluding carboxylic acids is 1. The topological polar surface area (TPSA) is 74.8 Å². The second-order valence-electron chi connectivity index (χ2n) is 5.92. The maximum Gasteiger partial charge on any atom is 0.251 e. The van der Waals surface area contributed by atoms with Gasteiger partial charge in [-0.25, -0.2) is 4.99 Å². The van der Waals surface area contributed by atoms with E-state index in [9.17, 15) is 4.79 Å². The van der Waals surface area contributed by atoms with Crippen molar-refractivity contribution in [2.24, 2.45) is 4.99 Å². The van der Waals surface area contributed by atoms with E-state index in [0.717, 1.165) is 36.8 Å². The number of hydrogen-bond acceptors (Lipinski definition) is 3. The lowest BCUT2D eigenvalue weighted by Gasteiger charge is -2.12. The molecule has 0 spiro atoms. The summed E-state index contributed by atoms with van der Waals surface area (Å²) in [6.07, 6.45) is 0.867. The summed E-state index contributed by atoms with van der Waals surface area (Å²) in [7, 11) is 1.63. The molecule has 3 N–H and O–H groups in total. The molecule has 0 bridgehead atoms. The minimum absolute atomic E-state index is 0.0933. The lowest BCUT2D eigenvalue weighted by atomic mass is 10.1. The van der Waals surface area contributed by atoms with Crippen LogP contribution in [0, 0.1) is 0 Å². The van der Waals surface area contributed by atoms with Gasteiger partial charge in [0.1, 0.15) is 5.75 Å². The van der Waals surface area contributed by atoms with Crippen LogP contribution in [0.1, 0.15) is 29.3 Å². The van der Waals surface area contributed by atoms with Crippen molar-refractivity contribution < 1.29 is 9.53 Å². The number of guanidine groups is 1. The third kappa shape index (κ3) is 7.40. The smallest absolute Gasteiger partial charge is 0.251 e. The molecule has 0 aromatic heterocycles. The molecule has 0 saturated heterocycles. The van der Waals surface area contributed by atoms with Gasteiger partial charge in [-0.05, 0) is 43.2 Å². The van der Waals surface area contributed by atoms with Crippen molar-refractivity contribution in [2.75, 3.05) is 26.7 Å². The second-order valence-corrected chi connectivity index (χ2v) is 5.92. The zero-order valence-electron chi connectivity index (χ0n) is 16.0. The summed E-state index contributed by atoms with van der Waals surface area (Å²) in [5.41, 5.74) is 1.63. The number of amides is 1. The Morgan fingerprint density at radius 3 is 2.63 bits per heavy atom. The molecule has 2 aromatic rings. The first-order valence-electron chi connectivity index (χ1n) is 9.24. The summed E-state index contributed by atoms with van der Waals surface area (Å²) >= 11 is 0. The van der Waals surface area contributed by atoms with E-state index >= 15 is 0 Å². The number of rotatable bonds is 9. The number of benzene rings is 2. The predicted molar refractivity (Wildman–Crippen MR) is 109 cm³/mol. The Bertz CT molecular complexity index is 732. The molecule has 0 radical (unpaired) electrons. The zero-order chi connectivity index (χ0) is 19.3. The van der Waals surface area contributed by atoms with Gasteiger partial charge in [0.15, 0.2) is 5.96 Å². The molecule has 6 nitrogen and oxygen atoms in total. The Kier molecular flexibility index (Phi) is 8.69. The van der Waals surface area contributed by atoms with E-state index in [1.807, 2.05) is 55.5 Å². The number of hydrogen-bond donors (Lipinski definition) is 3. The van der Waals surface area contributed by atoms with E-state index in [0.29, 0.717) is 18.7 Å². The highest BCUT2D eigenvalue weighted by Crippen LogP contribution is 2.08. The highest BCUT2D eigenvalue weighted by molar-refractivity contribution is 5.94. The minimum Gasteiger partial charge on any atom is -0.494 e. The van der Waals surface area contributed by atoms with E-state index < -0.39 is 0 Å². The molecule has 0 heterocycles. The summed E-state index contributed by atoms with van der Waals surface area (Å²) in [5, 5.41) is 9.17. The quantitative estimate of drug-likeness (QED) is 0.361. The average Bonchev–Trinajstić information content (AvgIpc) is 2.72. The number of para-hydroxylation sites is 1. The van der Waals surface area contributed by atoms with Crippen molar-refractivity contribution in [2.45, 2.75) is 19.9 Å². The lowest BCUT2D eigenvalue weighted by molar-refractivity contribution is 0.0963. The summed E-state index contributed by atoms with van der Waals surface area (Å²) in [4.78, 5) is 16.3. The van der Waals surface area contributed by atoms with Crippen molar-refractivity contribution in [1.82, 2.24) is 16.0 Å². The minimum atomic E-state index is -0.0933. The number of ether oxygens (including phenoxy) is 1. The Balaban J connectivity index is 1.80. The fraction of sp³-hybridized carbons (Fsp3) is 0.333. The Hall–Kier alpha value is -3.02. The largest absolute Gasteiger partial charge is 0.494 e. The first-order valence-corrected chi connectivity index (χ1v) is 9.24. The molecule has 144 valence electrons. The third-order valence-corrected chi connectivity index (χ3v) is 3.81. The SMILES string of the molecule is CCNC(=NCc1cccc(C(=O)NC)c1)NCCCOc1ccccc1. The maximum atomic E-state index is 11.7. The molecule has 0 aliphatic rings. The van der Waals surface area contributed by atoms with E-state index in [1.165, 1.54) is 0 Å². The molecule has 0 unspecified atom stereocenters. The van der Waals surface area contributed by atoms with Crippen LogP contribution in [0.15, 0.2) is 59.6 Å². The van der Waals surface area contributed by atoms with Gasteiger partial charge in [-0.2, -0.15) is 0 Å². The molecular weight excluding hydrogens is 340 g/mol. The van der Waals surface area contributed by atoms with Gasteiger partial charge >= 0.3 is 0 Å². The zero-order valence-corrected chi connectivity index (χ0v) is 16.0. The molecule has 0 atom stereocenters. The Morgan fingerprint density at radius 2 is 1.89 bits per heavy atom. The van der Waals surface area contributed by atoms with Gasteiger partial charge in [0.2, 0.25) is 0 Å². The van der Waals surface area contributed by atoms with E-state index in [4.69, 9.17) is 4.74 Å². The monoisotopic (exact) mass is 368 g/mol. The molecule has 27 heavy (non-hydrogen) atoms. The summed E-state index contributed by atoms with van der Waals surface area (Å²) in [6, 6.07) is 17.3. The van der Waals surface area contributed by atoms with E-state index in [2.05, 4.69) is 20.9 Å². The molecule has 6 heteroatoms. The first kappa shape index (κ1) is 20.3. The first-order chi connectivity index (χ1) is 13.2. The second kappa shape index (κ2) is 11.6. The van der Waals surface area contributed by atoms with Crippen LogP contribution in [0.25, 0.3) is 0 Å². The van der Waals surface area contributed by atoms with Crippen molar-refractivity contribution in [3.63, 3.8) is 0 Å². The van der Waals surface area contributed by atoms with Crippen LogP contribution in [0.5, 0.6) is 5.75 Å². The van der Waals surface area contributed by atoms with Gasteiger partial charge in [0.05, 0.1) is 13.2 Å². The van der Waals surface area contributed by atoms with Crippen LogP contribution in [0.2, 0.25) is 0 Å². The highest BCUT2D eigenvalue weighted by atomic mass is 16.5. The highest BCUT2D eigenvalue weighted by Gasteiger charge is 2.04. The summed E-state index contributed by atoms with van der Waals surface area (Å²) < 4.78 is 5.69. The molecule has 1 amide bonds. The van der Waals surface area contributed by atoms with Gasteiger partial charge in [-0.1, -0.05) is 30.3 Å². The Morgan fingerprint density at radius 1 is 1.07 bits per heavy atom. The molecule has 2 rings (SSSR count). The van der Waals surface area contributed by atoms with Crippen molar-refractivity contribution in [1.29, 1.82) is 0 Å². The van der Waals surface area contributed by atoms with E-state index in [-0.39, 0.29) is 5.91 Å². The number of carbonyl (C=O) groups is 1. The van der Waals surface area contributed by atoms with Crippen molar-refractivity contribution in [3.8, 4) is 5.75 Å². The number of nitrogens with zero attached hydrogens (tertiary/aromatic N) is 1. The van der Waals surface area contributed by atoms with E-state index in [1.54, 1.807) is 13.1 Å².